The molecule has 3 aromatic rings. The van der Waals surface area contributed by atoms with Gasteiger partial charge in [0.25, 0.3) is 0 Å². The third kappa shape index (κ3) is 2.63. The maximum absolute atomic E-state index is 5.99. The predicted octanol–water partition coefficient (Wildman–Crippen LogP) is 4.00. The van der Waals surface area contributed by atoms with Gasteiger partial charge < -0.3 is 10.1 Å². The van der Waals surface area contributed by atoms with Gasteiger partial charge in [-0.25, -0.2) is 4.68 Å². The number of hydrogen-bond acceptors (Lipinski definition) is 4. The molecule has 120 valence electrons. The summed E-state index contributed by atoms with van der Waals surface area (Å²) in [5.74, 6) is 1.54. The van der Waals surface area contributed by atoms with Crippen molar-refractivity contribution in [2.45, 2.75) is 6.04 Å². The summed E-state index contributed by atoms with van der Waals surface area (Å²) in [6, 6.07) is 15.7. The van der Waals surface area contributed by atoms with Crippen molar-refractivity contribution in [1.29, 1.82) is 0 Å². The van der Waals surface area contributed by atoms with Gasteiger partial charge in [0.1, 0.15) is 18.1 Å². The molecule has 0 fully saturated rings. The Kier molecular flexibility index (Phi) is 3.70. The van der Waals surface area contributed by atoms with Crippen LogP contribution in [0.2, 0.25) is 5.02 Å². The summed E-state index contributed by atoms with van der Waals surface area (Å²) in [7, 11) is 1.66. The van der Waals surface area contributed by atoms with E-state index in [1.54, 1.807) is 13.4 Å². The zero-order valence-electron chi connectivity index (χ0n) is 13.0. The minimum atomic E-state index is -0.0414. The van der Waals surface area contributed by atoms with Gasteiger partial charge in [-0.2, -0.15) is 10.1 Å². The van der Waals surface area contributed by atoms with E-state index in [9.17, 15) is 0 Å². The van der Waals surface area contributed by atoms with Crippen LogP contribution in [0.3, 0.4) is 0 Å². The maximum Gasteiger partial charge on any atom is 0.226 e. The second-order valence-electron chi connectivity index (χ2n) is 5.46. The first-order chi connectivity index (χ1) is 11.7. The van der Waals surface area contributed by atoms with Gasteiger partial charge in [-0.3, -0.25) is 0 Å². The largest absolute Gasteiger partial charge is 0.497 e. The van der Waals surface area contributed by atoms with Crippen LogP contribution in [0.15, 0.2) is 60.9 Å². The molecule has 0 aliphatic carbocycles. The number of fused-ring (bicyclic) bond motifs is 1. The molecule has 6 heteroatoms. The van der Waals surface area contributed by atoms with E-state index in [2.05, 4.69) is 21.5 Å². The maximum atomic E-state index is 5.99. The summed E-state index contributed by atoms with van der Waals surface area (Å²) in [6.45, 7) is 0. The van der Waals surface area contributed by atoms with Crippen LogP contribution in [-0.4, -0.2) is 21.9 Å². The smallest absolute Gasteiger partial charge is 0.226 e. The molecule has 1 aliphatic rings. The second kappa shape index (κ2) is 6.02. The lowest BCUT2D eigenvalue weighted by atomic mass is 10.0. The molecule has 1 N–H and O–H groups in total. The van der Waals surface area contributed by atoms with E-state index in [1.807, 2.05) is 53.2 Å². The molecule has 0 amide bonds. The number of ether oxygens (including phenoxy) is 1. The zero-order valence-corrected chi connectivity index (χ0v) is 13.7. The lowest BCUT2D eigenvalue weighted by Gasteiger charge is -2.24. The van der Waals surface area contributed by atoms with Gasteiger partial charge in [-0.1, -0.05) is 35.9 Å². The monoisotopic (exact) mass is 338 g/mol. The number of aromatic nitrogens is 3. The van der Waals surface area contributed by atoms with Gasteiger partial charge in [0, 0.05) is 10.7 Å². The van der Waals surface area contributed by atoms with E-state index in [0.29, 0.717) is 11.0 Å². The number of halogens is 1. The van der Waals surface area contributed by atoms with Crippen LogP contribution in [0.4, 0.5) is 5.95 Å². The summed E-state index contributed by atoms with van der Waals surface area (Å²) in [5.41, 5.74) is 3.13. The SMILES string of the molecule is COc1ccc([C@@H]2C=C(c3ccc(Cl)cc3)Nc3ncnn32)cc1. The van der Waals surface area contributed by atoms with E-state index in [-0.39, 0.29) is 6.04 Å². The summed E-state index contributed by atoms with van der Waals surface area (Å²) < 4.78 is 7.10. The molecule has 5 nitrogen and oxygen atoms in total. The Bertz CT molecular complexity index is 884. The van der Waals surface area contributed by atoms with E-state index >= 15 is 0 Å². The predicted molar refractivity (Wildman–Crippen MR) is 94.2 cm³/mol. The molecule has 2 aromatic carbocycles. The standard InChI is InChI=1S/C18H15ClN4O/c1-24-15-8-4-13(5-9-15)17-10-16(12-2-6-14(19)7-3-12)22-18-20-11-21-23(17)18/h2-11,17H,1H3,(H,20,21,22)/t17-/m0/s1. The fraction of sp³-hybridized carbons (Fsp3) is 0.111. The molecule has 0 spiro atoms. The third-order valence-electron chi connectivity index (χ3n) is 4.02. The fourth-order valence-corrected chi connectivity index (χ4v) is 2.90. The lowest BCUT2D eigenvalue weighted by Crippen LogP contribution is -2.20. The number of anilines is 1. The first-order valence-corrected chi connectivity index (χ1v) is 7.90. The number of benzene rings is 2. The number of hydrogen-bond donors (Lipinski definition) is 1. The van der Waals surface area contributed by atoms with Crippen molar-refractivity contribution < 1.29 is 4.74 Å². The van der Waals surface area contributed by atoms with Crippen molar-refractivity contribution in [3.05, 3.63) is 77.1 Å². The second-order valence-corrected chi connectivity index (χ2v) is 5.89. The van der Waals surface area contributed by atoms with Crippen molar-refractivity contribution in [3.8, 4) is 5.75 Å². The van der Waals surface area contributed by atoms with E-state index in [0.717, 1.165) is 22.6 Å². The number of methoxy groups -OCH3 is 1. The Morgan fingerprint density at radius 1 is 1.08 bits per heavy atom. The molecule has 0 bridgehead atoms. The number of nitrogens with zero attached hydrogens (tertiary/aromatic N) is 3. The highest BCUT2D eigenvalue weighted by molar-refractivity contribution is 6.30. The first-order valence-electron chi connectivity index (χ1n) is 7.53. The molecular weight excluding hydrogens is 324 g/mol. The Labute approximate surface area is 144 Å². The van der Waals surface area contributed by atoms with Gasteiger partial charge in [0.05, 0.1) is 7.11 Å². The van der Waals surface area contributed by atoms with Crippen LogP contribution in [-0.2, 0) is 0 Å². The fourth-order valence-electron chi connectivity index (χ4n) is 2.77. The van der Waals surface area contributed by atoms with Crippen molar-refractivity contribution in [2.75, 3.05) is 12.4 Å². The van der Waals surface area contributed by atoms with Crippen LogP contribution in [0.5, 0.6) is 5.75 Å². The first kappa shape index (κ1) is 14.8. The Hall–Kier alpha value is -2.79. The van der Waals surface area contributed by atoms with Crippen LogP contribution in [0.25, 0.3) is 5.70 Å². The van der Waals surface area contributed by atoms with Crippen LogP contribution < -0.4 is 10.1 Å². The van der Waals surface area contributed by atoms with Crippen molar-refractivity contribution >= 4 is 23.2 Å². The van der Waals surface area contributed by atoms with Gasteiger partial charge >= 0.3 is 0 Å². The van der Waals surface area contributed by atoms with Crippen molar-refractivity contribution in [1.82, 2.24) is 14.8 Å². The Morgan fingerprint density at radius 2 is 1.83 bits per heavy atom. The Morgan fingerprint density at radius 3 is 2.54 bits per heavy atom. The Balaban J connectivity index is 1.77. The summed E-state index contributed by atoms with van der Waals surface area (Å²) in [4.78, 5) is 4.31. The normalized spacial score (nSPS) is 16.1. The van der Waals surface area contributed by atoms with Crippen LogP contribution >= 0.6 is 11.6 Å². The highest BCUT2D eigenvalue weighted by Crippen LogP contribution is 2.32. The molecule has 24 heavy (non-hydrogen) atoms. The minimum Gasteiger partial charge on any atom is -0.497 e. The summed E-state index contributed by atoms with van der Waals surface area (Å²) in [5, 5.41) is 8.38. The van der Waals surface area contributed by atoms with Crippen LogP contribution in [0.1, 0.15) is 17.2 Å². The van der Waals surface area contributed by atoms with Gasteiger partial charge in [0.15, 0.2) is 0 Å². The lowest BCUT2D eigenvalue weighted by molar-refractivity contribution is 0.414. The average molecular weight is 339 g/mol. The number of allylic oxidation sites excluding steroid dienone is 1. The molecule has 4 rings (SSSR count). The molecule has 2 heterocycles. The summed E-state index contributed by atoms with van der Waals surface area (Å²) in [6.07, 6.45) is 3.68. The molecule has 1 aromatic heterocycles. The zero-order chi connectivity index (χ0) is 16.5. The molecule has 0 saturated carbocycles. The number of rotatable bonds is 3. The molecular formula is C18H15ClN4O. The minimum absolute atomic E-state index is 0.0414. The van der Waals surface area contributed by atoms with E-state index in [4.69, 9.17) is 16.3 Å². The van der Waals surface area contributed by atoms with Crippen molar-refractivity contribution in [3.63, 3.8) is 0 Å². The van der Waals surface area contributed by atoms with Crippen molar-refractivity contribution in [2.24, 2.45) is 0 Å². The quantitative estimate of drug-likeness (QED) is 0.784. The average Bonchev–Trinajstić information content (AvgIpc) is 3.10. The molecule has 0 radical (unpaired) electrons. The molecule has 1 atom stereocenters. The van der Waals surface area contributed by atoms with Gasteiger partial charge in [-0.05, 0) is 41.5 Å². The molecule has 1 aliphatic heterocycles. The third-order valence-corrected chi connectivity index (χ3v) is 4.27. The van der Waals surface area contributed by atoms with Gasteiger partial charge in [-0.15, -0.1) is 0 Å². The van der Waals surface area contributed by atoms with Gasteiger partial charge in [0.2, 0.25) is 5.95 Å². The van der Waals surface area contributed by atoms with E-state index < -0.39 is 0 Å². The summed E-state index contributed by atoms with van der Waals surface area (Å²) >= 11 is 5.99. The molecule has 0 unspecified atom stereocenters. The molecule has 0 saturated heterocycles. The topological polar surface area (TPSA) is 52.0 Å². The number of nitrogens with one attached hydrogen (secondary N) is 1. The van der Waals surface area contributed by atoms with E-state index in [1.165, 1.54) is 0 Å². The highest BCUT2D eigenvalue weighted by atomic mass is 35.5. The van der Waals surface area contributed by atoms with Crippen LogP contribution in [0, 0.1) is 0 Å². The highest BCUT2D eigenvalue weighted by Gasteiger charge is 2.23.